The van der Waals surface area contributed by atoms with Crippen molar-refractivity contribution in [3.8, 4) is 0 Å². The van der Waals surface area contributed by atoms with E-state index in [4.69, 9.17) is 0 Å². The molecular weight excluding hydrogens is 220 g/mol. The number of nitrogens with one attached hydrogen (secondary N) is 1. The molecule has 2 aliphatic rings. The third-order valence-corrected chi connectivity index (χ3v) is 4.03. The maximum atomic E-state index is 15.0. The average molecular weight is 237 g/mol. The largest absolute Gasteiger partial charge is 0.311 e. The minimum Gasteiger partial charge on any atom is -0.311 e. The van der Waals surface area contributed by atoms with Gasteiger partial charge in [0.05, 0.1) is 0 Å². The minimum absolute atomic E-state index is 0.266. The van der Waals surface area contributed by atoms with E-state index >= 15 is 0 Å². The Morgan fingerprint density at radius 1 is 1.18 bits per heavy atom. The highest BCUT2D eigenvalue weighted by Crippen LogP contribution is 2.44. The van der Waals surface area contributed by atoms with Gasteiger partial charge in [-0.3, -0.25) is 0 Å². The number of aryl methyl sites for hydroxylation is 1. The SMILES string of the molecule is Cc1cc(F)cc(C2(F)CC3CCC(C2)N3)c1. The Balaban J connectivity index is 1.96. The fraction of sp³-hybridized carbons (Fsp3) is 0.571. The molecule has 1 N–H and O–H groups in total. The highest BCUT2D eigenvalue weighted by molar-refractivity contribution is 5.30. The molecule has 0 amide bonds. The molecule has 1 aromatic rings. The summed E-state index contributed by atoms with van der Waals surface area (Å²) in [5.41, 5.74) is -0.0273. The van der Waals surface area contributed by atoms with Crippen molar-refractivity contribution in [2.45, 2.75) is 50.4 Å². The van der Waals surface area contributed by atoms with Gasteiger partial charge in [-0.1, -0.05) is 6.07 Å². The van der Waals surface area contributed by atoms with Crippen LogP contribution in [0, 0.1) is 12.7 Å². The van der Waals surface area contributed by atoms with E-state index in [-0.39, 0.29) is 17.9 Å². The topological polar surface area (TPSA) is 12.0 Å². The van der Waals surface area contributed by atoms with Crippen LogP contribution in [0.4, 0.5) is 8.78 Å². The lowest BCUT2D eigenvalue weighted by Crippen LogP contribution is -2.44. The van der Waals surface area contributed by atoms with E-state index in [9.17, 15) is 8.78 Å². The van der Waals surface area contributed by atoms with Crippen LogP contribution >= 0.6 is 0 Å². The second kappa shape index (κ2) is 3.77. The first-order valence-corrected chi connectivity index (χ1v) is 6.28. The molecule has 0 saturated carbocycles. The Kier molecular flexibility index (Phi) is 2.47. The molecule has 2 saturated heterocycles. The van der Waals surface area contributed by atoms with Gasteiger partial charge in [-0.05, 0) is 43.0 Å². The molecule has 2 heterocycles. The Labute approximate surface area is 100 Å². The molecule has 0 aromatic heterocycles. The second-order valence-corrected chi connectivity index (χ2v) is 5.53. The number of hydrogen-bond acceptors (Lipinski definition) is 1. The number of halogens is 2. The zero-order valence-electron chi connectivity index (χ0n) is 9.97. The summed E-state index contributed by atoms with van der Waals surface area (Å²) < 4.78 is 28.4. The number of benzene rings is 1. The lowest BCUT2D eigenvalue weighted by atomic mass is 9.82. The van der Waals surface area contributed by atoms with Crippen LogP contribution in [0.2, 0.25) is 0 Å². The Bertz CT molecular complexity index is 412. The monoisotopic (exact) mass is 237 g/mol. The molecule has 2 atom stereocenters. The van der Waals surface area contributed by atoms with Gasteiger partial charge in [0, 0.05) is 24.9 Å². The minimum atomic E-state index is -1.34. The van der Waals surface area contributed by atoms with Gasteiger partial charge in [-0.25, -0.2) is 8.78 Å². The first kappa shape index (κ1) is 11.1. The molecule has 1 nitrogen and oxygen atoms in total. The fourth-order valence-electron chi connectivity index (χ4n) is 3.32. The van der Waals surface area contributed by atoms with Crippen LogP contribution in [0.15, 0.2) is 18.2 Å². The third kappa shape index (κ3) is 1.97. The molecule has 2 fully saturated rings. The van der Waals surface area contributed by atoms with Gasteiger partial charge in [0.2, 0.25) is 0 Å². The molecule has 3 heteroatoms. The number of fused-ring (bicyclic) bond motifs is 2. The molecule has 17 heavy (non-hydrogen) atoms. The summed E-state index contributed by atoms with van der Waals surface area (Å²) in [5.74, 6) is -0.331. The van der Waals surface area contributed by atoms with Gasteiger partial charge in [0.25, 0.3) is 0 Å². The van der Waals surface area contributed by atoms with E-state index in [1.54, 1.807) is 6.07 Å². The molecule has 0 aliphatic carbocycles. The van der Waals surface area contributed by atoms with E-state index in [0.717, 1.165) is 18.4 Å². The van der Waals surface area contributed by atoms with Gasteiger partial charge in [-0.15, -0.1) is 0 Å². The Morgan fingerprint density at radius 2 is 1.82 bits per heavy atom. The second-order valence-electron chi connectivity index (χ2n) is 5.53. The smallest absolute Gasteiger partial charge is 0.139 e. The first-order valence-electron chi connectivity index (χ1n) is 6.28. The summed E-state index contributed by atoms with van der Waals surface area (Å²) >= 11 is 0. The summed E-state index contributed by atoms with van der Waals surface area (Å²) in [4.78, 5) is 0. The van der Waals surface area contributed by atoms with Crippen LogP contribution in [0.25, 0.3) is 0 Å². The maximum absolute atomic E-state index is 15.0. The zero-order valence-corrected chi connectivity index (χ0v) is 9.97. The molecule has 0 radical (unpaired) electrons. The van der Waals surface area contributed by atoms with Crippen molar-refractivity contribution in [3.63, 3.8) is 0 Å². The first-order chi connectivity index (χ1) is 8.05. The van der Waals surface area contributed by atoms with Gasteiger partial charge in [0.1, 0.15) is 11.5 Å². The normalized spacial score (nSPS) is 36.2. The number of hydrogen-bond donors (Lipinski definition) is 1. The highest BCUT2D eigenvalue weighted by Gasteiger charge is 2.45. The number of piperidine rings is 1. The number of alkyl halides is 1. The van der Waals surface area contributed by atoms with Gasteiger partial charge in [0.15, 0.2) is 0 Å². The lowest BCUT2D eigenvalue weighted by molar-refractivity contribution is 0.0869. The molecule has 92 valence electrons. The van der Waals surface area contributed by atoms with E-state index < -0.39 is 5.67 Å². The van der Waals surface area contributed by atoms with Crippen molar-refractivity contribution in [1.82, 2.24) is 5.32 Å². The summed E-state index contributed by atoms with van der Waals surface area (Å²) in [7, 11) is 0. The number of rotatable bonds is 1. The van der Waals surface area contributed by atoms with Crippen molar-refractivity contribution < 1.29 is 8.78 Å². The molecule has 1 aromatic carbocycles. The molecule has 3 rings (SSSR count). The third-order valence-electron chi connectivity index (χ3n) is 4.03. The maximum Gasteiger partial charge on any atom is 0.139 e. The van der Waals surface area contributed by atoms with Crippen LogP contribution in [-0.2, 0) is 5.67 Å². The highest BCUT2D eigenvalue weighted by atomic mass is 19.1. The lowest BCUT2D eigenvalue weighted by Gasteiger charge is -2.35. The Hall–Kier alpha value is -0.960. The van der Waals surface area contributed by atoms with Crippen LogP contribution in [0.3, 0.4) is 0 Å². The van der Waals surface area contributed by atoms with Crippen molar-refractivity contribution >= 4 is 0 Å². The van der Waals surface area contributed by atoms with Crippen molar-refractivity contribution in [2.24, 2.45) is 0 Å². The molecule has 2 unspecified atom stereocenters. The van der Waals surface area contributed by atoms with Gasteiger partial charge < -0.3 is 5.32 Å². The Morgan fingerprint density at radius 3 is 2.41 bits per heavy atom. The zero-order chi connectivity index (χ0) is 12.0. The quantitative estimate of drug-likeness (QED) is 0.790. The molecule has 0 spiro atoms. The van der Waals surface area contributed by atoms with Crippen LogP contribution in [-0.4, -0.2) is 12.1 Å². The van der Waals surface area contributed by atoms with E-state index in [0.29, 0.717) is 18.4 Å². The van der Waals surface area contributed by atoms with Crippen LogP contribution in [0.1, 0.15) is 36.8 Å². The molecular formula is C14H17F2N. The van der Waals surface area contributed by atoms with Crippen LogP contribution < -0.4 is 5.32 Å². The van der Waals surface area contributed by atoms with Crippen molar-refractivity contribution in [3.05, 3.63) is 35.1 Å². The summed E-state index contributed by atoms with van der Waals surface area (Å²) in [6, 6.07) is 5.12. The summed E-state index contributed by atoms with van der Waals surface area (Å²) in [6.45, 7) is 1.81. The summed E-state index contributed by atoms with van der Waals surface area (Å²) in [5, 5.41) is 3.41. The van der Waals surface area contributed by atoms with Gasteiger partial charge in [-0.2, -0.15) is 0 Å². The predicted octanol–water partition coefficient (Wildman–Crippen LogP) is 3.21. The van der Waals surface area contributed by atoms with E-state index in [1.807, 2.05) is 6.92 Å². The van der Waals surface area contributed by atoms with E-state index in [1.165, 1.54) is 12.1 Å². The van der Waals surface area contributed by atoms with Crippen LogP contribution in [0.5, 0.6) is 0 Å². The molecule has 2 bridgehead atoms. The fourth-order valence-corrected chi connectivity index (χ4v) is 3.32. The van der Waals surface area contributed by atoms with E-state index in [2.05, 4.69) is 5.32 Å². The van der Waals surface area contributed by atoms with Gasteiger partial charge >= 0.3 is 0 Å². The predicted molar refractivity (Wildman–Crippen MR) is 63.1 cm³/mol. The average Bonchev–Trinajstić information content (AvgIpc) is 2.57. The van der Waals surface area contributed by atoms with Crippen molar-refractivity contribution in [1.29, 1.82) is 0 Å². The summed E-state index contributed by atoms with van der Waals surface area (Å²) in [6.07, 6.45) is 3.05. The molecule has 2 aliphatic heterocycles. The van der Waals surface area contributed by atoms with Crippen molar-refractivity contribution in [2.75, 3.05) is 0 Å². The standard InChI is InChI=1S/C14H17F2N/c1-9-4-10(6-11(15)5-9)14(16)7-12-2-3-13(8-14)17-12/h4-6,12-13,17H,2-3,7-8H2,1H3.